The number of ether oxygens (including phenoxy) is 1. The molecule has 1 amide bonds. The molecular formula is C13H13NO4. The maximum absolute atomic E-state index is 11.8. The van der Waals surface area contributed by atoms with Crippen LogP contribution in [-0.4, -0.2) is 30.8 Å². The third-order valence-electron chi connectivity index (χ3n) is 2.80. The highest BCUT2D eigenvalue weighted by molar-refractivity contribution is 6.52. The number of esters is 1. The van der Waals surface area contributed by atoms with Crippen LogP contribution in [0.2, 0.25) is 0 Å². The lowest BCUT2D eigenvalue weighted by molar-refractivity contribution is -0.114. The van der Waals surface area contributed by atoms with Gasteiger partial charge in [-0.05, 0) is 32.0 Å². The van der Waals surface area contributed by atoms with Gasteiger partial charge in [0.1, 0.15) is 0 Å². The molecule has 0 radical (unpaired) electrons. The standard InChI is InChI=1S/C13H13NO4/c1-3-14-10-6-5-8(13(17)18-4-2)7-9(10)11(15)12(14)16/h5-7H,3-4H2,1-2H3. The number of anilines is 1. The smallest absolute Gasteiger partial charge is 0.338 e. The van der Waals surface area contributed by atoms with E-state index in [9.17, 15) is 14.4 Å². The van der Waals surface area contributed by atoms with Crippen LogP contribution in [0.3, 0.4) is 0 Å². The Kier molecular flexibility index (Phi) is 3.14. The zero-order valence-electron chi connectivity index (χ0n) is 10.2. The van der Waals surface area contributed by atoms with Gasteiger partial charge in [0.25, 0.3) is 11.7 Å². The maximum Gasteiger partial charge on any atom is 0.338 e. The average Bonchev–Trinajstić information content (AvgIpc) is 2.62. The van der Waals surface area contributed by atoms with E-state index in [1.54, 1.807) is 26.0 Å². The summed E-state index contributed by atoms with van der Waals surface area (Å²) >= 11 is 0. The van der Waals surface area contributed by atoms with E-state index < -0.39 is 17.7 Å². The van der Waals surface area contributed by atoms with Gasteiger partial charge in [0.15, 0.2) is 0 Å². The number of likely N-dealkylation sites (N-methyl/N-ethyl adjacent to an activating group) is 1. The minimum absolute atomic E-state index is 0.268. The number of ketones is 1. The Balaban J connectivity index is 2.43. The number of hydrogen-bond acceptors (Lipinski definition) is 4. The maximum atomic E-state index is 11.8. The lowest BCUT2D eigenvalue weighted by Crippen LogP contribution is -2.29. The Hall–Kier alpha value is -2.17. The van der Waals surface area contributed by atoms with E-state index in [-0.39, 0.29) is 17.7 Å². The monoisotopic (exact) mass is 247 g/mol. The van der Waals surface area contributed by atoms with E-state index in [0.29, 0.717) is 12.2 Å². The summed E-state index contributed by atoms with van der Waals surface area (Å²) in [5.41, 5.74) is 1.11. The van der Waals surface area contributed by atoms with E-state index in [0.717, 1.165) is 0 Å². The third kappa shape index (κ3) is 1.77. The number of hydrogen-bond donors (Lipinski definition) is 0. The quantitative estimate of drug-likeness (QED) is 0.598. The highest BCUT2D eigenvalue weighted by Gasteiger charge is 2.35. The van der Waals surface area contributed by atoms with E-state index in [4.69, 9.17) is 4.74 Å². The van der Waals surface area contributed by atoms with Crippen molar-refractivity contribution in [2.24, 2.45) is 0 Å². The molecule has 0 unspecified atom stereocenters. The van der Waals surface area contributed by atoms with Crippen LogP contribution in [0.25, 0.3) is 0 Å². The highest BCUT2D eigenvalue weighted by Crippen LogP contribution is 2.29. The van der Waals surface area contributed by atoms with Crippen LogP contribution in [0.15, 0.2) is 18.2 Å². The van der Waals surface area contributed by atoms with Gasteiger partial charge >= 0.3 is 5.97 Å². The fraction of sp³-hybridized carbons (Fsp3) is 0.308. The largest absolute Gasteiger partial charge is 0.462 e. The molecule has 0 saturated heterocycles. The molecule has 1 aliphatic heterocycles. The molecule has 0 N–H and O–H groups in total. The first-order valence-electron chi connectivity index (χ1n) is 5.77. The molecule has 2 rings (SSSR count). The second-order valence-electron chi connectivity index (χ2n) is 3.83. The van der Waals surface area contributed by atoms with Crippen LogP contribution >= 0.6 is 0 Å². The predicted octanol–water partition coefficient (Wildman–Crippen LogP) is 1.41. The van der Waals surface area contributed by atoms with Crippen molar-refractivity contribution in [2.75, 3.05) is 18.1 Å². The number of fused-ring (bicyclic) bond motifs is 1. The number of carbonyl (C=O) groups is 3. The van der Waals surface area contributed by atoms with Crippen LogP contribution < -0.4 is 4.90 Å². The molecular weight excluding hydrogens is 234 g/mol. The fourth-order valence-corrected chi connectivity index (χ4v) is 1.96. The van der Waals surface area contributed by atoms with E-state index >= 15 is 0 Å². The second-order valence-corrected chi connectivity index (χ2v) is 3.83. The number of Topliss-reactive ketones (excluding diaryl/α,β-unsaturated/α-hetero) is 1. The summed E-state index contributed by atoms with van der Waals surface area (Å²) in [5.74, 6) is -1.61. The van der Waals surface area contributed by atoms with Crippen molar-refractivity contribution in [2.45, 2.75) is 13.8 Å². The number of carbonyl (C=O) groups excluding carboxylic acids is 3. The molecule has 18 heavy (non-hydrogen) atoms. The molecule has 1 aromatic rings. The van der Waals surface area contributed by atoms with Crippen LogP contribution in [0, 0.1) is 0 Å². The molecule has 1 aromatic carbocycles. The van der Waals surface area contributed by atoms with Crippen molar-refractivity contribution in [1.82, 2.24) is 0 Å². The van der Waals surface area contributed by atoms with Crippen molar-refractivity contribution in [3.63, 3.8) is 0 Å². The average molecular weight is 247 g/mol. The minimum Gasteiger partial charge on any atom is -0.462 e. The van der Waals surface area contributed by atoms with Crippen molar-refractivity contribution in [3.8, 4) is 0 Å². The van der Waals surface area contributed by atoms with Crippen molar-refractivity contribution >= 4 is 23.3 Å². The van der Waals surface area contributed by atoms with Crippen LogP contribution in [-0.2, 0) is 9.53 Å². The zero-order chi connectivity index (χ0) is 13.3. The lowest BCUT2D eigenvalue weighted by Gasteiger charge is -2.13. The Labute approximate surface area is 104 Å². The first-order chi connectivity index (χ1) is 8.60. The fourth-order valence-electron chi connectivity index (χ4n) is 1.96. The number of rotatable bonds is 3. The van der Waals surface area contributed by atoms with Gasteiger partial charge in [-0.1, -0.05) is 0 Å². The SMILES string of the molecule is CCOC(=O)c1ccc2c(c1)C(=O)C(=O)N2CC. The van der Waals surface area contributed by atoms with Crippen LogP contribution in [0.4, 0.5) is 5.69 Å². The molecule has 5 heteroatoms. The molecule has 0 fully saturated rings. The molecule has 0 bridgehead atoms. The summed E-state index contributed by atoms with van der Waals surface area (Å²) in [5, 5.41) is 0. The second kappa shape index (κ2) is 4.60. The van der Waals surface area contributed by atoms with Gasteiger partial charge in [-0.15, -0.1) is 0 Å². The topological polar surface area (TPSA) is 63.7 Å². The van der Waals surface area contributed by atoms with Crippen LogP contribution in [0.1, 0.15) is 34.6 Å². The molecule has 94 valence electrons. The molecule has 1 aliphatic rings. The number of benzene rings is 1. The Morgan fingerprint density at radius 2 is 2.00 bits per heavy atom. The first kappa shape index (κ1) is 12.3. The molecule has 1 heterocycles. The van der Waals surface area contributed by atoms with Gasteiger partial charge in [0, 0.05) is 6.54 Å². The summed E-state index contributed by atoms with van der Waals surface area (Å²) in [4.78, 5) is 36.4. The van der Waals surface area contributed by atoms with Gasteiger partial charge in [-0.25, -0.2) is 4.79 Å². The van der Waals surface area contributed by atoms with Crippen molar-refractivity contribution in [1.29, 1.82) is 0 Å². The molecule has 5 nitrogen and oxygen atoms in total. The van der Waals surface area contributed by atoms with Crippen molar-refractivity contribution in [3.05, 3.63) is 29.3 Å². The number of nitrogens with zero attached hydrogens (tertiary/aromatic N) is 1. The van der Waals surface area contributed by atoms with Gasteiger partial charge < -0.3 is 9.64 Å². The Bertz CT molecular complexity index is 536. The van der Waals surface area contributed by atoms with E-state index in [1.165, 1.54) is 11.0 Å². The summed E-state index contributed by atoms with van der Waals surface area (Å²) in [6.45, 7) is 4.19. The van der Waals surface area contributed by atoms with E-state index in [1.807, 2.05) is 0 Å². The van der Waals surface area contributed by atoms with Crippen LogP contribution in [0.5, 0.6) is 0 Å². The first-order valence-corrected chi connectivity index (χ1v) is 5.77. The summed E-state index contributed by atoms with van der Waals surface area (Å²) < 4.78 is 4.85. The number of amides is 1. The van der Waals surface area contributed by atoms with Gasteiger partial charge in [0.2, 0.25) is 0 Å². The van der Waals surface area contributed by atoms with Crippen molar-refractivity contribution < 1.29 is 19.1 Å². The summed E-state index contributed by atoms with van der Waals surface area (Å²) in [7, 11) is 0. The molecule has 0 aliphatic carbocycles. The summed E-state index contributed by atoms with van der Waals surface area (Å²) in [6, 6.07) is 4.59. The van der Waals surface area contributed by atoms with Gasteiger partial charge in [-0.3, -0.25) is 9.59 Å². The Morgan fingerprint density at radius 3 is 2.61 bits per heavy atom. The zero-order valence-corrected chi connectivity index (χ0v) is 10.2. The minimum atomic E-state index is -0.571. The van der Waals surface area contributed by atoms with E-state index in [2.05, 4.69) is 0 Å². The van der Waals surface area contributed by atoms with Gasteiger partial charge in [0.05, 0.1) is 23.4 Å². The molecule has 0 aromatic heterocycles. The normalized spacial score (nSPS) is 13.8. The molecule has 0 saturated carbocycles. The third-order valence-corrected chi connectivity index (χ3v) is 2.80. The molecule has 0 atom stereocenters. The highest BCUT2D eigenvalue weighted by atomic mass is 16.5. The predicted molar refractivity (Wildman–Crippen MR) is 64.8 cm³/mol. The Morgan fingerprint density at radius 1 is 1.28 bits per heavy atom. The summed E-state index contributed by atoms with van der Waals surface area (Å²) in [6.07, 6.45) is 0. The lowest BCUT2D eigenvalue weighted by atomic mass is 10.1. The van der Waals surface area contributed by atoms with Gasteiger partial charge in [-0.2, -0.15) is 0 Å². The molecule has 0 spiro atoms.